The molecule has 1 rings (SSSR count). The van der Waals surface area contributed by atoms with Crippen molar-refractivity contribution in [1.82, 2.24) is 0 Å². The number of hydrogen-bond acceptors (Lipinski definition) is 1. The summed E-state index contributed by atoms with van der Waals surface area (Å²) in [4.78, 5) is 1.35. The quantitative estimate of drug-likeness (QED) is 0.229. The van der Waals surface area contributed by atoms with E-state index in [9.17, 15) is 0 Å². The zero-order valence-corrected chi connectivity index (χ0v) is 14.4. The Labute approximate surface area is 134 Å². The molecule has 20 heavy (non-hydrogen) atoms. The fraction of sp³-hybridized carbons (Fsp3) is 0.667. The zero-order chi connectivity index (χ0) is 14.5. The molecular formula is C18H29ClS. The Hall–Kier alpha value is -0.140. The maximum Gasteiger partial charge on any atom is 0.0346 e. The van der Waals surface area contributed by atoms with Crippen molar-refractivity contribution in [1.29, 1.82) is 0 Å². The maximum atomic E-state index is 6.09. The molecular weight excluding hydrogens is 284 g/mol. The van der Waals surface area contributed by atoms with Crippen LogP contribution in [0.1, 0.15) is 64.7 Å². The molecule has 1 atom stereocenters. The van der Waals surface area contributed by atoms with Gasteiger partial charge in [0, 0.05) is 16.0 Å². The van der Waals surface area contributed by atoms with Crippen LogP contribution in [0.15, 0.2) is 35.2 Å². The number of rotatable bonds is 12. The third kappa shape index (κ3) is 8.92. The standard InChI is InChI=1S/C18H29ClS/c1-2-3-4-5-6-7-8-10-15-18(16-19)20-17-13-11-9-12-14-17/h9,11-14,18H,2-8,10,15-16H2,1H3. The molecule has 0 aliphatic rings. The molecule has 1 aromatic carbocycles. The summed E-state index contributed by atoms with van der Waals surface area (Å²) < 4.78 is 0. The summed E-state index contributed by atoms with van der Waals surface area (Å²) in [7, 11) is 0. The van der Waals surface area contributed by atoms with E-state index in [1.807, 2.05) is 11.8 Å². The van der Waals surface area contributed by atoms with E-state index >= 15 is 0 Å². The van der Waals surface area contributed by atoms with Crippen molar-refractivity contribution in [3.8, 4) is 0 Å². The molecule has 0 saturated heterocycles. The third-order valence-corrected chi connectivity index (χ3v) is 5.43. The van der Waals surface area contributed by atoms with Gasteiger partial charge in [0.2, 0.25) is 0 Å². The van der Waals surface area contributed by atoms with E-state index in [1.165, 1.54) is 62.7 Å². The van der Waals surface area contributed by atoms with Crippen molar-refractivity contribution < 1.29 is 0 Å². The first-order chi connectivity index (χ1) is 9.86. The van der Waals surface area contributed by atoms with Gasteiger partial charge in [-0.05, 0) is 18.6 Å². The molecule has 0 heterocycles. The largest absolute Gasteiger partial charge is 0.125 e. The molecule has 0 aliphatic heterocycles. The predicted molar refractivity (Wildman–Crippen MR) is 94.0 cm³/mol. The van der Waals surface area contributed by atoms with Crippen LogP contribution < -0.4 is 0 Å². The number of unbranched alkanes of at least 4 members (excludes halogenated alkanes) is 7. The highest BCUT2D eigenvalue weighted by Gasteiger charge is 2.08. The van der Waals surface area contributed by atoms with Crippen molar-refractivity contribution in [2.45, 2.75) is 74.9 Å². The van der Waals surface area contributed by atoms with E-state index in [0.717, 1.165) is 5.88 Å². The van der Waals surface area contributed by atoms with Gasteiger partial charge in [0.1, 0.15) is 0 Å². The molecule has 2 heteroatoms. The van der Waals surface area contributed by atoms with Gasteiger partial charge in [-0.25, -0.2) is 0 Å². The minimum absolute atomic E-state index is 0.569. The fourth-order valence-electron chi connectivity index (χ4n) is 2.36. The van der Waals surface area contributed by atoms with E-state index in [0.29, 0.717) is 5.25 Å². The summed E-state index contributed by atoms with van der Waals surface area (Å²) in [6, 6.07) is 10.6. The molecule has 0 amide bonds. The second kappa shape index (κ2) is 12.6. The summed E-state index contributed by atoms with van der Waals surface area (Å²) in [5, 5.41) is 0.569. The van der Waals surface area contributed by atoms with Crippen molar-refractivity contribution in [2.75, 3.05) is 5.88 Å². The van der Waals surface area contributed by atoms with Gasteiger partial charge < -0.3 is 0 Å². The average Bonchev–Trinajstić information content (AvgIpc) is 2.49. The number of hydrogen-bond donors (Lipinski definition) is 0. The average molecular weight is 313 g/mol. The second-order valence-corrected chi connectivity index (χ2v) is 7.15. The zero-order valence-electron chi connectivity index (χ0n) is 12.8. The molecule has 0 saturated carbocycles. The Morgan fingerprint density at radius 2 is 1.50 bits per heavy atom. The van der Waals surface area contributed by atoms with Gasteiger partial charge in [-0.15, -0.1) is 23.4 Å². The molecule has 0 N–H and O–H groups in total. The van der Waals surface area contributed by atoms with Crippen LogP contribution in [0.3, 0.4) is 0 Å². The Morgan fingerprint density at radius 1 is 0.900 bits per heavy atom. The molecule has 0 fully saturated rings. The molecule has 0 radical (unpaired) electrons. The van der Waals surface area contributed by atoms with E-state index in [4.69, 9.17) is 11.6 Å². The Morgan fingerprint density at radius 3 is 2.10 bits per heavy atom. The monoisotopic (exact) mass is 312 g/mol. The van der Waals surface area contributed by atoms with Gasteiger partial charge in [-0.2, -0.15) is 0 Å². The van der Waals surface area contributed by atoms with Crippen LogP contribution in [0.2, 0.25) is 0 Å². The van der Waals surface area contributed by atoms with Crippen LogP contribution in [0.4, 0.5) is 0 Å². The molecule has 0 aliphatic carbocycles. The highest BCUT2D eigenvalue weighted by molar-refractivity contribution is 8.00. The molecule has 1 unspecified atom stereocenters. The number of halogens is 1. The normalized spacial score (nSPS) is 12.5. The number of benzene rings is 1. The van der Waals surface area contributed by atoms with Gasteiger partial charge in [-0.3, -0.25) is 0 Å². The van der Waals surface area contributed by atoms with Crippen molar-refractivity contribution in [3.05, 3.63) is 30.3 Å². The molecule has 114 valence electrons. The second-order valence-electron chi connectivity index (χ2n) is 5.47. The first-order valence-electron chi connectivity index (χ1n) is 8.14. The first-order valence-corrected chi connectivity index (χ1v) is 9.56. The van der Waals surface area contributed by atoms with Crippen LogP contribution in [0.5, 0.6) is 0 Å². The highest BCUT2D eigenvalue weighted by Crippen LogP contribution is 2.27. The fourth-order valence-corrected chi connectivity index (χ4v) is 3.75. The van der Waals surface area contributed by atoms with Crippen LogP contribution in [-0.4, -0.2) is 11.1 Å². The van der Waals surface area contributed by atoms with Crippen molar-refractivity contribution in [2.24, 2.45) is 0 Å². The molecule has 0 aromatic heterocycles. The summed E-state index contributed by atoms with van der Waals surface area (Å²) in [5.41, 5.74) is 0. The van der Waals surface area contributed by atoms with E-state index in [-0.39, 0.29) is 0 Å². The van der Waals surface area contributed by atoms with Gasteiger partial charge in [0.25, 0.3) is 0 Å². The van der Waals surface area contributed by atoms with Gasteiger partial charge in [0.05, 0.1) is 0 Å². The summed E-state index contributed by atoms with van der Waals surface area (Å²) >= 11 is 8.03. The minimum atomic E-state index is 0.569. The van der Waals surface area contributed by atoms with Crippen LogP contribution >= 0.6 is 23.4 Å². The number of thioether (sulfide) groups is 1. The van der Waals surface area contributed by atoms with Crippen LogP contribution in [0.25, 0.3) is 0 Å². The van der Waals surface area contributed by atoms with Gasteiger partial charge in [0.15, 0.2) is 0 Å². The van der Waals surface area contributed by atoms with Crippen LogP contribution in [-0.2, 0) is 0 Å². The van der Waals surface area contributed by atoms with Crippen LogP contribution in [0, 0.1) is 0 Å². The molecule has 0 spiro atoms. The highest BCUT2D eigenvalue weighted by atomic mass is 35.5. The molecule has 0 nitrogen and oxygen atoms in total. The molecule has 0 bridgehead atoms. The lowest BCUT2D eigenvalue weighted by Crippen LogP contribution is -2.04. The summed E-state index contributed by atoms with van der Waals surface area (Å²) in [6.45, 7) is 2.27. The maximum absolute atomic E-state index is 6.09. The third-order valence-electron chi connectivity index (χ3n) is 3.60. The Balaban J connectivity index is 2.04. The Kier molecular flexibility index (Phi) is 11.3. The summed E-state index contributed by atoms with van der Waals surface area (Å²) in [5.74, 6) is 0.760. The lowest BCUT2D eigenvalue weighted by molar-refractivity contribution is 0.565. The lowest BCUT2D eigenvalue weighted by atomic mass is 10.1. The topological polar surface area (TPSA) is 0 Å². The van der Waals surface area contributed by atoms with Crippen molar-refractivity contribution in [3.63, 3.8) is 0 Å². The summed E-state index contributed by atoms with van der Waals surface area (Å²) in [6.07, 6.45) is 12.3. The van der Waals surface area contributed by atoms with Gasteiger partial charge in [-0.1, -0.05) is 76.5 Å². The van der Waals surface area contributed by atoms with Crippen molar-refractivity contribution >= 4 is 23.4 Å². The predicted octanol–water partition coefficient (Wildman–Crippen LogP) is 6.92. The number of alkyl halides is 1. The van der Waals surface area contributed by atoms with E-state index in [2.05, 4.69) is 37.3 Å². The molecule has 1 aromatic rings. The minimum Gasteiger partial charge on any atom is -0.125 e. The van der Waals surface area contributed by atoms with E-state index < -0.39 is 0 Å². The SMILES string of the molecule is CCCCCCCCCCC(CCl)Sc1ccccc1. The Bertz CT molecular complexity index is 312. The van der Waals surface area contributed by atoms with E-state index in [1.54, 1.807) is 0 Å². The first kappa shape index (κ1) is 17.9. The smallest absolute Gasteiger partial charge is 0.0346 e. The van der Waals surface area contributed by atoms with Gasteiger partial charge >= 0.3 is 0 Å². The lowest BCUT2D eigenvalue weighted by Gasteiger charge is -2.13.